The quantitative estimate of drug-likeness (QED) is 0.536. The van der Waals surface area contributed by atoms with Crippen LogP contribution >= 0.6 is 0 Å². The van der Waals surface area contributed by atoms with Crippen LogP contribution in [0.25, 0.3) is 0 Å². The summed E-state index contributed by atoms with van der Waals surface area (Å²) in [5.41, 5.74) is 1.12. The Bertz CT molecular complexity index is 435. The van der Waals surface area contributed by atoms with Crippen molar-refractivity contribution in [2.45, 2.75) is 50.8 Å². The highest BCUT2D eigenvalue weighted by Gasteiger charge is 2.14. The average Bonchev–Trinajstić information content (AvgIpc) is 2.38. The maximum Gasteiger partial charge on any atom is 0.296 e. The molecule has 0 saturated carbocycles. The fourth-order valence-corrected chi connectivity index (χ4v) is 2.60. The molecule has 18 heavy (non-hydrogen) atoms. The molecule has 0 radical (unpaired) electrons. The van der Waals surface area contributed by atoms with Crippen LogP contribution in [-0.2, 0) is 20.7 Å². The van der Waals surface area contributed by atoms with Gasteiger partial charge in [-0.2, -0.15) is 8.42 Å². The van der Waals surface area contributed by atoms with Gasteiger partial charge < -0.3 is 0 Å². The molecule has 102 valence electrons. The maximum absolute atomic E-state index is 11.8. The second-order valence-electron chi connectivity index (χ2n) is 4.33. The zero-order valence-corrected chi connectivity index (χ0v) is 12.0. The highest BCUT2D eigenvalue weighted by atomic mass is 32.2. The van der Waals surface area contributed by atoms with Crippen molar-refractivity contribution in [2.75, 3.05) is 6.61 Å². The average molecular weight is 270 g/mol. The molecule has 0 amide bonds. The van der Waals surface area contributed by atoms with E-state index in [2.05, 4.69) is 6.92 Å². The van der Waals surface area contributed by atoms with Crippen molar-refractivity contribution in [1.29, 1.82) is 0 Å². The molecule has 0 aliphatic rings. The van der Waals surface area contributed by atoms with Crippen LogP contribution in [-0.4, -0.2) is 15.0 Å². The first-order chi connectivity index (χ1) is 8.60. The van der Waals surface area contributed by atoms with Crippen molar-refractivity contribution in [3.63, 3.8) is 0 Å². The van der Waals surface area contributed by atoms with Crippen LogP contribution in [0.2, 0.25) is 0 Å². The summed E-state index contributed by atoms with van der Waals surface area (Å²) in [7, 11) is -3.57. The standard InChI is InChI=1S/C14H22O3S/c1-3-5-6-7-12-17-18(15,16)14-10-8-13(4-2)9-11-14/h8-11H,3-7,12H2,1-2H3. The molecule has 0 fully saturated rings. The van der Waals surface area contributed by atoms with Gasteiger partial charge in [0.05, 0.1) is 11.5 Å². The summed E-state index contributed by atoms with van der Waals surface area (Å²) in [6.07, 6.45) is 4.96. The number of benzene rings is 1. The first kappa shape index (κ1) is 15.2. The van der Waals surface area contributed by atoms with Gasteiger partial charge in [0.25, 0.3) is 10.1 Å². The predicted octanol–water partition coefficient (Wildman–Crippen LogP) is 3.53. The van der Waals surface area contributed by atoms with Gasteiger partial charge in [-0.05, 0) is 30.5 Å². The third kappa shape index (κ3) is 4.78. The van der Waals surface area contributed by atoms with Gasteiger partial charge in [-0.1, -0.05) is 45.2 Å². The minimum atomic E-state index is -3.57. The number of aryl methyl sites for hydroxylation is 1. The highest BCUT2D eigenvalue weighted by Crippen LogP contribution is 2.14. The fraction of sp³-hybridized carbons (Fsp3) is 0.571. The summed E-state index contributed by atoms with van der Waals surface area (Å²) in [6.45, 7) is 4.43. The molecule has 0 aliphatic carbocycles. The van der Waals surface area contributed by atoms with Gasteiger partial charge in [-0.15, -0.1) is 0 Å². The molecule has 0 bridgehead atoms. The Morgan fingerprint density at radius 1 is 1.00 bits per heavy atom. The van der Waals surface area contributed by atoms with Crippen LogP contribution in [0, 0.1) is 0 Å². The molecule has 0 spiro atoms. The zero-order valence-electron chi connectivity index (χ0n) is 11.2. The van der Waals surface area contributed by atoms with E-state index in [1.54, 1.807) is 12.1 Å². The predicted molar refractivity (Wildman–Crippen MR) is 73.1 cm³/mol. The van der Waals surface area contributed by atoms with E-state index in [0.29, 0.717) is 0 Å². The number of unbranched alkanes of at least 4 members (excludes halogenated alkanes) is 3. The number of hydrogen-bond donors (Lipinski definition) is 0. The van der Waals surface area contributed by atoms with Crippen molar-refractivity contribution >= 4 is 10.1 Å². The molecular weight excluding hydrogens is 248 g/mol. The lowest BCUT2D eigenvalue weighted by Gasteiger charge is -2.06. The summed E-state index contributed by atoms with van der Waals surface area (Å²) in [6, 6.07) is 6.88. The molecule has 1 rings (SSSR count). The summed E-state index contributed by atoms with van der Waals surface area (Å²) in [5.74, 6) is 0. The Balaban J connectivity index is 2.51. The van der Waals surface area contributed by atoms with Crippen LogP contribution in [0.5, 0.6) is 0 Å². The second-order valence-corrected chi connectivity index (χ2v) is 5.95. The molecule has 0 N–H and O–H groups in total. The van der Waals surface area contributed by atoms with Crippen molar-refractivity contribution in [1.82, 2.24) is 0 Å². The minimum absolute atomic E-state index is 0.246. The van der Waals surface area contributed by atoms with Gasteiger partial charge in [0.15, 0.2) is 0 Å². The fourth-order valence-electron chi connectivity index (χ4n) is 1.66. The molecule has 4 heteroatoms. The lowest BCUT2D eigenvalue weighted by atomic mass is 10.2. The van der Waals surface area contributed by atoms with Crippen molar-refractivity contribution in [3.8, 4) is 0 Å². The first-order valence-electron chi connectivity index (χ1n) is 6.58. The van der Waals surface area contributed by atoms with Crippen LogP contribution in [0.4, 0.5) is 0 Å². The Labute approximate surface area is 110 Å². The molecule has 0 heterocycles. The molecule has 1 aromatic rings. The molecule has 3 nitrogen and oxygen atoms in total. The van der Waals surface area contributed by atoms with E-state index in [-0.39, 0.29) is 11.5 Å². The molecule has 0 aliphatic heterocycles. The SMILES string of the molecule is CCCCCCOS(=O)(=O)c1ccc(CC)cc1. The summed E-state index contributed by atoms with van der Waals surface area (Å²) in [4.78, 5) is 0.246. The normalized spacial score (nSPS) is 11.7. The molecule has 0 atom stereocenters. The third-order valence-electron chi connectivity index (χ3n) is 2.86. The summed E-state index contributed by atoms with van der Waals surface area (Å²) in [5, 5.41) is 0. The third-order valence-corrected chi connectivity index (χ3v) is 4.18. The molecule has 0 aromatic heterocycles. The van der Waals surface area contributed by atoms with Gasteiger partial charge in [0, 0.05) is 0 Å². The molecular formula is C14H22O3S. The lowest BCUT2D eigenvalue weighted by Crippen LogP contribution is -2.07. The van der Waals surface area contributed by atoms with E-state index in [0.717, 1.165) is 37.7 Å². The molecule has 0 saturated heterocycles. The maximum atomic E-state index is 11.8. The topological polar surface area (TPSA) is 43.4 Å². The first-order valence-corrected chi connectivity index (χ1v) is 7.99. The number of hydrogen-bond acceptors (Lipinski definition) is 3. The van der Waals surface area contributed by atoms with Crippen molar-refractivity contribution in [3.05, 3.63) is 29.8 Å². The van der Waals surface area contributed by atoms with Gasteiger partial charge in [0.2, 0.25) is 0 Å². The minimum Gasteiger partial charge on any atom is -0.266 e. The van der Waals surface area contributed by atoms with Crippen LogP contribution in [0.15, 0.2) is 29.2 Å². The zero-order chi connectivity index (χ0) is 13.4. The smallest absolute Gasteiger partial charge is 0.266 e. The van der Waals surface area contributed by atoms with Crippen molar-refractivity contribution in [2.24, 2.45) is 0 Å². The Hall–Kier alpha value is -0.870. The van der Waals surface area contributed by atoms with E-state index in [1.165, 1.54) is 0 Å². The number of rotatable bonds is 8. The second kappa shape index (κ2) is 7.54. The Morgan fingerprint density at radius 3 is 2.22 bits per heavy atom. The van der Waals surface area contributed by atoms with Gasteiger partial charge in [0.1, 0.15) is 0 Å². The monoisotopic (exact) mass is 270 g/mol. The Kier molecular flexibility index (Phi) is 6.36. The summed E-state index contributed by atoms with van der Waals surface area (Å²) < 4.78 is 28.7. The lowest BCUT2D eigenvalue weighted by molar-refractivity contribution is 0.307. The van der Waals surface area contributed by atoms with Crippen LogP contribution in [0.1, 0.15) is 45.1 Å². The van der Waals surface area contributed by atoms with E-state index >= 15 is 0 Å². The van der Waals surface area contributed by atoms with Crippen molar-refractivity contribution < 1.29 is 12.6 Å². The van der Waals surface area contributed by atoms with Gasteiger partial charge >= 0.3 is 0 Å². The molecule has 1 aromatic carbocycles. The highest BCUT2D eigenvalue weighted by molar-refractivity contribution is 7.86. The van der Waals surface area contributed by atoms with Gasteiger partial charge in [-0.25, -0.2) is 0 Å². The van der Waals surface area contributed by atoms with Crippen LogP contribution < -0.4 is 0 Å². The van der Waals surface area contributed by atoms with E-state index in [9.17, 15) is 8.42 Å². The largest absolute Gasteiger partial charge is 0.296 e. The van der Waals surface area contributed by atoms with E-state index < -0.39 is 10.1 Å². The summed E-state index contributed by atoms with van der Waals surface area (Å²) >= 11 is 0. The van der Waals surface area contributed by atoms with Crippen LogP contribution in [0.3, 0.4) is 0 Å². The molecule has 0 unspecified atom stereocenters. The van der Waals surface area contributed by atoms with E-state index in [4.69, 9.17) is 4.18 Å². The Morgan fingerprint density at radius 2 is 1.67 bits per heavy atom. The van der Waals surface area contributed by atoms with E-state index in [1.807, 2.05) is 19.1 Å². The van der Waals surface area contributed by atoms with Gasteiger partial charge in [-0.3, -0.25) is 4.18 Å².